The number of amidine groups is 2. The highest BCUT2D eigenvalue weighted by molar-refractivity contribution is 8.27. The average Bonchev–Trinajstić information content (AvgIpc) is 3.51. The van der Waals surface area contributed by atoms with Gasteiger partial charge in [-0.2, -0.15) is 15.1 Å². The maximum Gasteiger partial charge on any atom is 0.283 e. The number of aryl methyl sites for hydroxylation is 1. The molecule has 0 atom stereocenters. The second-order valence-electron chi connectivity index (χ2n) is 9.48. The van der Waals surface area contributed by atoms with Crippen LogP contribution in [0.15, 0.2) is 88.5 Å². The number of carbonyl (C=O) groups is 1. The van der Waals surface area contributed by atoms with E-state index in [0.717, 1.165) is 44.8 Å². The fourth-order valence-corrected chi connectivity index (χ4v) is 5.70. The smallest absolute Gasteiger partial charge is 0.283 e. The topological polar surface area (TPSA) is 92.3 Å². The number of nitrogens with zero attached hydrogens (tertiary/aromatic N) is 4. The molecule has 2 aliphatic heterocycles. The number of amides is 1. The van der Waals surface area contributed by atoms with E-state index < -0.39 is 5.91 Å². The van der Waals surface area contributed by atoms with Crippen molar-refractivity contribution in [2.24, 2.45) is 10.1 Å². The van der Waals surface area contributed by atoms with Crippen molar-refractivity contribution in [3.63, 3.8) is 0 Å². The van der Waals surface area contributed by atoms with Crippen molar-refractivity contribution in [1.82, 2.24) is 9.58 Å². The Hall–Kier alpha value is -4.63. The van der Waals surface area contributed by atoms with Crippen molar-refractivity contribution in [2.45, 2.75) is 20.4 Å². The predicted octanol–water partition coefficient (Wildman–Crippen LogP) is 6.01. The Morgan fingerprint density at radius 1 is 0.975 bits per heavy atom. The summed E-state index contributed by atoms with van der Waals surface area (Å²) in [4.78, 5) is 17.4. The normalized spacial score (nSPS) is 15.9. The molecule has 0 unspecified atom stereocenters. The Bertz CT molecular complexity index is 1730. The van der Waals surface area contributed by atoms with Gasteiger partial charge in [-0.1, -0.05) is 48.0 Å². The first-order valence-electron chi connectivity index (χ1n) is 12.8. The first-order valence-corrected chi connectivity index (χ1v) is 13.7. The molecule has 3 heterocycles. The summed E-state index contributed by atoms with van der Waals surface area (Å²) in [5.74, 6) is 1.12. The summed E-state index contributed by atoms with van der Waals surface area (Å²) in [6.07, 6.45) is 1.77. The number of ether oxygens (including phenoxy) is 2. The predicted molar refractivity (Wildman–Crippen MR) is 160 cm³/mol. The van der Waals surface area contributed by atoms with Gasteiger partial charge in [0.2, 0.25) is 5.17 Å². The summed E-state index contributed by atoms with van der Waals surface area (Å²) in [6, 6.07) is 23.5. The highest BCUT2D eigenvalue weighted by Crippen LogP contribution is 2.33. The van der Waals surface area contributed by atoms with Gasteiger partial charge in [-0.15, -0.1) is 0 Å². The minimum absolute atomic E-state index is 0.0173. The lowest BCUT2D eigenvalue weighted by Gasteiger charge is -2.20. The number of rotatable bonds is 7. The Morgan fingerprint density at radius 3 is 2.45 bits per heavy atom. The third kappa shape index (κ3) is 4.69. The van der Waals surface area contributed by atoms with Gasteiger partial charge in [0, 0.05) is 27.7 Å². The molecule has 3 aromatic carbocycles. The molecule has 0 saturated carbocycles. The molecule has 8 nitrogen and oxygen atoms in total. The van der Waals surface area contributed by atoms with Crippen LogP contribution >= 0.6 is 11.8 Å². The van der Waals surface area contributed by atoms with E-state index in [2.05, 4.69) is 20.7 Å². The average molecular weight is 550 g/mol. The fraction of sp³-hybridized carbons (Fsp3) is 0.161. The van der Waals surface area contributed by atoms with Crippen molar-refractivity contribution < 1.29 is 14.3 Å². The zero-order valence-corrected chi connectivity index (χ0v) is 23.2. The number of carbonyl (C=O) groups excluding carboxylic acids is 1. The van der Waals surface area contributed by atoms with E-state index in [4.69, 9.17) is 14.9 Å². The second kappa shape index (κ2) is 10.5. The number of fused-ring (bicyclic) bond motifs is 2. The van der Waals surface area contributed by atoms with Gasteiger partial charge in [-0.05, 0) is 62.0 Å². The minimum Gasteiger partial charge on any atom is -0.497 e. The molecule has 9 heteroatoms. The standard InChI is InChI=1S/C31H27N5O3S/c1-19-8-10-21(11-9-19)30-34-36-28(32)26(29(37)33-31(36)40-30)18-25-20(2)35(27-7-5-4-6-24(25)27)16-17-39-23-14-12-22(38-3)13-15-23/h4-15,18,32H,16-17H2,1-3H3/b26-18+,32-28?. The molecule has 0 spiro atoms. The van der Waals surface area contributed by atoms with E-state index in [1.54, 1.807) is 13.2 Å². The Labute approximate surface area is 236 Å². The zero-order valence-electron chi connectivity index (χ0n) is 22.3. The summed E-state index contributed by atoms with van der Waals surface area (Å²) in [5, 5.41) is 17.0. The lowest BCUT2D eigenvalue weighted by atomic mass is 10.1. The first-order chi connectivity index (χ1) is 19.4. The summed E-state index contributed by atoms with van der Waals surface area (Å²) < 4.78 is 13.4. The fourth-order valence-electron chi connectivity index (χ4n) is 4.80. The molecule has 0 radical (unpaired) electrons. The van der Waals surface area contributed by atoms with Crippen LogP contribution in [0.3, 0.4) is 0 Å². The van der Waals surface area contributed by atoms with Crippen molar-refractivity contribution in [2.75, 3.05) is 13.7 Å². The maximum atomic E-state index is 13.1. The first kappa shape index (κ1) is 25.6. The molecular formula is C31H27N5O3S. The molecule has 0 aliphatic carbocycles. The molecule has 6 rings (SSSR count). The van der Waals surface area contributed by atoms with Crippen LogP contribution in [0.2, 0.25) is 0 Å². The van der Waals surface area contributed by atoms with E-state index in [1.165, 1.54) is 16.8 Å². The highest BCUT2D eigenvalue weighted by atomic mass is 32.2. The number of methoxy groups -OCH3 is 1. The molecule has 1 aromatic heterocycles. The van der Waals surface area contributed by atoms with Gasteiger partial charge in [-0.25, -0.2) is 0 Å². The molecule has 4 aromatic rings. The van der Waals surface area contributed by atoms with E-state index in [9.17, 15) is 4.79 Å². The Balaban J connectivity index is 1.29. The number of nitrogens with one attached hydrogen (secondary N) is 1. The minimum atomic E-state index is -0.442. The lowest BCUT2D eigenvalue weighted by molar-refractivity contribution is -0.114. The second-order valence-corrected chi connectivity index (χ2v) is 10.4. The van der Waals surface area contributed by atoms with E-state index in [-0.39, 0.29) is 11.4 Å². The molecule has 0 saturated heterocycles. The number of para-hydroxylation sites is 1. The van der Waals surface area contributed by atoms with Crippen LogP contribution in [-0.4, -0.2) is 45.2 Å². The number of aliphatic imine (C=N–C) groups is 1. The number of benzene rings is 3. The zero-order chi connectivity index (χ0) is 27.8. The van der Waals surface area contributed by atoms with Crippen LogP contribution in [0.25, 0.3) is 17.0 Å². The number of hydrogen-bond acceptors (Lipinski definition) is 6. The van der Waals surface area contributed by atoms with Crippen LogP contribution in [0, 0.1) is 19.3 Å². The maximum absolute atomic E-state index is 13.1. The van der Waals surface area contributed by atoms with Gasteiger partial charge < -0.3 is 14.0 Å². The van der Waals surface area contributed by atoms with Crippen LogP contribution in [0.4, 0.5) is 0 Å². The molecule has 0 bridgehead atoms. The summed E-state index contributed by atoms with van der Waals surface area (Å²) >= 11 is 1.30. The van der Waals surface area contributed by atoms with Gasteiger partial charge >= 0.3 is 0 Å². The van der Waals surface area contributed by atoms with Crippen molar-refractivity contribution in [1.29, 1.82) is 5.41 Å². The lowest BCUT2D eigenvalue weighted by Crippen LogP contribution is -2.35. The van der Waals surface area contributed by atoms with Crippen LogP contribution in [-0.2, 0) is 11.3 Å². The largest absolute Gasteiger partial charge is 0.497 e. The molecule has 2 aliphatic rings. The number of thioether (sulfide) groups is 1. The van der Waals surface area contributed by atoms with E-state index >= 15 is 0 Å². The molecule has 1 amide bonds. The highest BCUT2D eigenvalue weighted by Gasteiger charge is 2.36. The summed E-state index contributed by atoms with van der Waals surface area (Å²) in [7, 11) is 1.64. The van der Waals surface area contributed by atoms with Gasteiger partial charge in [0.05, 0.1) is 19.2 Å². The molecule has 200 valence electrons. The van der Waals surface area contributed by atoms with E-state index in [0.29, 0.717) is 23.4 Å². The van der Waals surface area contributed by atoms with Crippen LogP contribution < -0.4 is 9.47 Å². The third-order valence-corrected chi connectivity index (χ3v) is 7.92. The Kier molecular flexibility index (Phi) is 6.73. The van der Waals surface area contributed by atoms with Crippen LogP contribution in [0.1, 0.15) is 22.4 Å². The van der Waals surface area contributed by atoms with Gasteiger partial charge in [0.25, 0.3) is 5.91 Å². The van der Waals surface area contributed by atoms with Crippen molar-refractivity contribution in [3.8, 4) is 11.5 Å². The number of hydrogen-bond donors (Lipinski definition) is 1. The summed E-state index contributed by atoms with van der Waals surface area (Å²) in [6.45, 7) is 5.12. The van der Waals surface area contributed by atoms with Crippen molar-refractivity contribution >= 4 is 50.7 Å². The monoisotopic (exact) mass is 549 g/mol. The number of hydrazone groups is 1. The van der Waals surface area contributed by atoms with Gasteiger partial charge in [0.1, 0.15) is 23.1 Å². The molecular weight excluding hydrogens is 522 g/mol. The number of aromatic nitrogens is 1. The Morgan fingerprint density at radius 2 is 1.70 bits per heavy atom. The van der Waals surface area contributed by atoms with Crippen LogP contribution in [0.5, 0.6) is 11.5 Å². The summed E-state index contributed by atoms with van der Waals surface area (Å²) in [5.41, 5.74) is 5.16. The molecule has 0 fully saturated rings. The van der Waals surface area contributed by atoms with E-state index in [1.807, 2.05) is 80.6 Å². The molecule has 40 heavy (non-hydrogen) atoms. The molecule has 1 N–H and O–H groups in total. The SMILES string of the molecule is COc1ccc(OCCn2c(C)c(/C=C3\C(=N)N4N=C(c5ccc(C)cc5)SC4=NC3=O)c3ccccc32)cc1. The van der Waals surface area contributed by atoms with Crippen molar-refractivity contribution in [3.05, 3.63) is 101 Å². The van der Waals surface area contributed by atoms with Gasteiger partial charge in [-0.3, -0.25) is 10.2 Å². The quantitative estimate of drug-likeness (QED) is 0.285. The third-order valence-electron chi connectivity index (χ3n) is 6.96. The van der Waals surface area contributed by atoms with Gasteiger partial charge in [0.15, 0.2) is 5.84 Å².